The third-order valence-corrected chi connectivity index (χ3v) is 5.74. The number of piperazine rings is 1. The van der Waals surface area contributed by atoms with Crippen LogP contribution in [0.15, 0.2) is 24.3 Å². The van der Waals surface area contributed by atoms with E-state index in [9.17, 15) is 23.3 Å². The standard InChI is InChI=1S/C15H21N3O6S/c1-2-24-15(19)11-16-7-9-17(10-8-16)25(22,23)12-13-5-3-4-6-14(13)18(20)21/h3-6H,2,7-12H2,1H3. The molecule has 0 saturated carbocycles. The van der Waals surface area contributed by atoms with E-state index in [-0.39, 0.29) is 36.9 Å². The number of sulfonamides is 1. The quantitative estimate of drug-likeness (QED) is 0.392. The third kappa shape index (κ3) is 5.21. The molecule has 1 saturated heterocycles. The van der Waals surface area contributed by atoms with Gasteiger partial charge >= 0.3 is 5.97 Å². The van der Waals surface area contributed by atoms with Crippen LogP contribution in [0, 0.1) is 10.1 Å². The van der Waals surface area contributed by atoms with Crippen molar-refractivity contribution in [2.24, 2.45) is 0 Å². The van der Waals surface area contributed by atoms with E-state index >= 15 is 0 Å². The number of benzene rings is 1. The molecule has 10 heteroatoms. The van der Waals surface area contributed by atoms with Crippen LogP contribution >= 0.6 is 0 Å². The minimum atomic E-state index is -3.67. The Morgan fingerprint density at radius 2 is 1.88 bits per heavy atom. The molecule has 1 fully saturated rings. The van der Waals surface area contributed by atoms with Gasteiger partial charge in [0.15, 0.2) is 0 Å². The second-order valence-electron chi connectivity index (χ2n) is 5.62. The van der Waals surface area contributed by atoms with Crippen LogP contribution in [0.25, 0.3) is 0 Å². The molecule has 0 bridgehead atoms. The van der Waals surface area contributed by atoms with Crippen molar-refractivity contribution in [3.8, 4) is 0 Å². The van der Waals surface area contributed by atoms with Crippen molar-refractivity contribution >= 4 is 21.7 Å². The minimum absolute atomic E-state index is 0.131. The number of ether oxygens (including phenoxy) is 1. The summed E-state index contributed by atoms with van der Waals surface area (Å²) in [4.78, 5) is 23.7. The lowest BCUT2D eigenvalue weighted by molar-refractivity contribution is -0.385. The van der Waals surface area contributed by atoms with Gasteiger partial charge in [-0.3, -0.25) is 19.8 Å². The lowest BCUT2D eigenvalue weighted by Gasteiger charge is -2.33. The fraction of sp³-hybridized carbons (Fsp3) is 0.533. The van der Waals surface area contributed by atoms with Crippen LogP contribution in [0.3, 0.4) is 0 Å². The van der Waals surface area contributed by atoms with Crippen molar-refractivity contribution in [3.05, 3.63) is 39.9 Å². The molecule has 0 atom stereocenters. The highest BCUT2D eigenvalue weighted by Crippen LogP contribution is 2.22. The molecular formula is C15H21N3O6S. The lowest BCUT2D eigenvalue weighted by atomic mass is 10.2. The van der Waals surface area contributed by atoms with Crippen LogP contribution in [-0.4, -0.2) is 67.8 Å². The molecule has 0 N–H and O–H groups in total. The maximum Gasteiger partial charge on any atom is 0.320 e. The molecule has 0 aliphatic carbocycles. The molecule has 1 aliphatic rings. The van der Waals surface area contributed by atoms with E-state index in [1.807, 2.05) is 4.90 Å². The van der Waals surface area contributed by atoms with Crippen molar-refractivity contribution in [3.63, 3.8) is 0 Å². The first-order valence-electron chi connectivity index (χ1n) is 7.91. The molecule has 1 heterocycles. The van der Waals surface area contributed by atoms with E-state index in [2.05, 4.69) is 0 Å². The largest absolute Gasteiger partial charge is 0.465 e. The zero-order valence-corrected chi connectivity index (χ0v) is 14.8. The number of hydrogen-bond donors (Lipinski definition) is 0. The summed E-state index contributed by atoms with van der Waals surface area (Å²) in [5.74, 6) is -0.749. The predicted molar refractivity (Wildman–Crippen MR) is 90.4 cm³/mol. The Balaban J connectivity index is 1.98. The summed E-state index contributed by atoms with van der Waals surface area (Å²) in [5.41, 5.74) is -0.0338. The summed E-state index contributed by atoms with van der Waals surface area (Å²) in [5, 5.41) is 11.0. The summed E-state index contributed by atoms with van der Waals surface area (Å²) in [6.07, 6.45) is 0. The maximum absolute atomic E-state index is 12.6. The maximum atomic E-state index is 12.6. The van der Waals surface area contributed by atoms with Crippen LogP contribution in [-0.2, 0) is 25.3 Å². The summed E-state index contributed by atoms with van der Waals surface area (Å²) < 4.78 is 31.3. The first kappa shape index (κ1) is 19.3. The third-order valence-electron chi connectivity index (χ3n) is 3.91. The van der Waals surface area contributed by atoms with Crippen LogP contribution < -0.4 is 0 Å². The number of nitrogens with zero attached hydrogens (tertiary/aromatic N) is 3. The molecule has 138 valence electrons. The van der Waals surface area contributed by atoms with Gasteiger partial charge in [-0.15, -0.1) is 0 Å². The monoisotopic (exact) mass is 371 g/mol. The molecule has 1 aromatic carbocycles. The van der Waals surface area contributed by atoms with Crippen molar-refractivity contribution in [2.75, 3.05) is 39.3 Å². The fourth-order valence-corrected chi connectivity index (χ4v) is 4.19. The molecule has 25 heavy (non-hydrogen) atoms. The molecule has 2 rings (SSSR count). The van der Waals surface area contributed by atoms with Gasteiger partial charge in [0, 0.05) is 37.8 Å². The highest BCUT2D eigenvalue weighted by molar-refractivity contribution is 7.88. The number of esters is 1. The lowest BCUT2D eigenvalue weighted by Crippen LogP contribution is -2.50. The normalized spacial score (nSPS) is 16.5. The van der Waals surface area contributed by atoms with E-state index in [0.29, 0.717) is 19.7 Å². The molecule has 0 unspecified atom stereocenters. The first-order chi connectivity index (χ1) is 11.8. The minimum Gasteiger partial charge on any atom is -0.465 e. The van der Waals surface area contributed by atoms with Crippen LogP contribution in [0.1, 0.15) is 12.5 Å². The number of para-hydroxylation sites is 1. The van der Waals surface area contributed by atoms with Gasteiger partial charge in [0.25, 0.3) is 5.69 Å². The fourth-order valence-electron chi connectivity index (χ4n) is 2.65. The molecule has 0 amide bonds. The highest BCUT2D eigenvalue weighted by Gasteiger charge is 2.29. The Morgan fingerprint density at radius 3 is 2.48 bits per heavy atom. The number of nitro groups is 1. The molecule has 0 spiro atoms. The van der Waals surface area contributed by atoms with Crippen LogP contribution in [0.4, 0.5) is 5.69 Å². The zero-order valence-electron chi connectivity index (χ0n) is 14.0. The van der Waals surface area contributed by atoms with Gasteiger partial charge in [-0.05, 0) is 6.92 Å². The second-order valence-corrected chi connectivity index (χ2v) is 7.59. The number of carbonyl (C=O) groups is 1. The van der Waals surface area contributed by atoms with Crippen molar-refractivity contribution in [2.45, 2.75) is 12.7 Å². The van der Waals surface area contributed by atoms with E-state index in [1.54, 1.807) is 13.0 Å². The van der Waals surface area contributed by atoms with Gasteiger partial charge in [-0.2, -0.15) is 4.31 Å². The molecule has 0 radical (unpaired) electrons. The van der Waals surface area contributed by atoms with Crippen molar-refractivity contribution in [1.82, 2.24) is 9.21 Å². The number of nitro benzene ring substituents is 1. The van der Waals surface area contributed by atoms with Gasteiger partial charge in [0.05, 0.1) is 23.8 Å². The molecule has 9 nitrogen and oxygen atoms in total. The van der Waals surface area contributed by atoms with Crippen LogP contribution in [0.5, 0.6) is 0 Å². The number of rotatable bonds is 7. The molecule has 1 aliphatic heterocycles. The Morgan fingerprint density at radius 1 is 1.24 bits per heavy atom. The first-order valence-corrected chi connectivity index (χ1v) is 9.52. The highest BCUT2D eigenvalue weighted by atomic mass is 32.2. The van der Waals surface area contributed by atoms with Gasteiger partial charge in [0.1, 0.15) is 0 Å². The van der Waals surface area contributed by atoms with E-state index < -0.39 is 20.7 Å². The Kier molecular flexibility index (Phi) is 6.45. The topological polar surface area (TPSA) is 110 Å². The zero-order chi connectivity index (χ0) is 18.4. The van der Waals surface area contributed by atoms with Gasteiger partial charge in [-0.25, -0.2) is 8.42 Å². The summed E-state index contributed by atoms with van der Waals surface area (Å²) in [7, 11) is -3.67. The van der Waals surface area contributed by atoms with Crippen molar-refractivity contribution in [1.29, 1.82) is 0 Å². The smallest absolute Gasteiger partial charge is 0.320 e. The van der Waals surface area contributed by atoms with E-state index in [1.165, 1.54) is 22.5 Å². The predicted octanol–water partition coefficient (Wildman–Crippen LogP) is 0.605. The average Bonchev–Trinajstić information content (AvgIpc) is 2.55. The number of carbonyl (C=O) groups excluding carboxylic acids is 1. The summed E-state index contributed by atoms with van der Waals surface area (Å²) in [6.45, 7) is 3.47. The Hall–Kier alpha value is -2.04. The second kappa shape index (κ2) is 8.37. The summed E-state index contributed by atoms with van der Waals surface area (Å²) >= 11 is 0. The van der Waals surface area contributed by atoms with Gasteiger partial charge < -0.3 is 4.74 Å². The van der Waals surface area contributed by atoms with Gasteiger partial charge in [-0.1, -0.05) is 18.2 Å². The SMILES string of the molecule is CCOC(=O)CN1CCN(S(=O)(=O)Cc2ccccc2[N+](=O)[O-])CC1. The van der Waals surface area contributed by atoms with Gasteiger partial charge in [0.2, 0.25) is 10.0 Å². The van der Waals surface area contributed by atoms with Crippen molar-refractivity contribution < 1.29 is 22.9 Å². The van der Waals surface area contributed by atoms with Crippen LogP contribution in [0.2, 0.25) is 0 Å². The molecular weight excluding hydrogens is 350 g/mol. The molecule has 0 aromatic heterocycles. The van der Waals surface area contributed by atoms with E-state index in [4.69, 9.17) is 4.74 Å². The Labute approximate surface area is 146 Å². The summed E-state index contributed by atoms with van der Waals surface area (Å²) in [6, 6.07) is 5.83. The van der Waals surface area contributed by atoms with E-state index in [0.717, 1.165) is 0 Å². The average molecular weight is 371 g/mol. The number of hydrogen-bond acceptors (Lipinski definition) is 7. The Bertz CT molecular complexity index is 729. The molecule has 1 aromatic rings.